The first-order valence-electron chi connectivity index (χ1n) is 10.2. The summed E-state index contributed by atoms with van der Waals surface area (Å²) in [4.78, 5) is 31.1. The molecule has 1 atom stereocenters. The topological polar surface area (TPSA) is 111 Å². The predicted molar refractivity (Wildman–Crippen MR) is 116 cm³/mol. The Bertz CT molecular complexity index is 1410. The maximum Gasteiger partial charge on any atom is 0.269 e. The molecule has 3 aromatic heterocycles. The van der Waals surface area contributed by atoms with Gasteiger partial charge < -0.3 is 10.6 Å². The van der Waals surface area contributed by atoms with Crippen LogP contribution in [0.25, 0.3) is 16.8 Å². The summed E-state index contributed by atoms with van der Waals surface area (Å²) in [6.45, 7) is 0.772. The van der Waals surface area contributed by atoms with Gasteiger partial charge in [-0.2, -0.15) is 10.2 Å². The second kappa shape index (κ2) is 7.56. The number of carbonyl (C=O) groups excluding carboxylic acids is 1. The van der Waals surface area contributed by atoms with Crippen LogP contribution in [0.1, 0.15) is 34.9 Å². The molecule has 0 spiro atoms. The molecule has 0 bridgehead atoms. The third-order valence-corrected chi connectivity index (χ3v) is 5.75. The van der Waals surface area contributed by atoms with Crippen LogP contribution >= 0.6 is 0 Å². The number of halogens is 1. The van der Waals surface area contributed by atoms with Crippen molar-refractivity contribution in [1.82, 2.24) is 24.4 Å². The maximum absolute atomic E-state index is 13.8. The first-order chi connectivity index (χ1) is 15.4. The minimum absolute atomic E-state index is 0.00103. The lowest BCUT2D eigenvalue weighted by Crippen LogP contribution is -2.25. The Labute approximate surface area is 181 Å². The monoisotopic (exact) mass is 433 g/mol. The zero-order valence-corrected chi connectivity index (χ0v) is 17.3. The molecule has 0 saturated carbocycles. The molecule has 4 aromatic rings. The molecule has 0 radical (unpaired) electrons. The molecule has 1 amide bonds. The number of nitrogens with two attached hydrogens (primary N) is 1. The summed E-state index contributed by atoms with van der Waals surface area (Å²) in [6.07, 6.45) is 5.13. The number of aryl methyl sites for hydroxylation is 1. The van der Waals surface area contributed by atoms with Crippen molar-refractivity contribution in [1.29, 1.82) is 0 Å². The number of hydrogen-bond acceptors (Lipinski definition) is 6. The van der Waals surface area contributed by atoms with Crippen LogP contribution in [0, 0.1) is 5.82 Å². The lowest BCUT2D eigenvalue weighted by molar-refractivity contribution is 0.0994. The third-order valence-electron chi connectivity index (χ3n) is 5.75. The normalized spacial score (nSPS) is 16.1. The maximum atomic E-state index is 13.8. The van der Waals surface area contributed by atoms with Gasteiger partial charge in [0, 0.05) is 37.0 Å². The Hall–Kier alpha value is -4.08. The van der Waals surface area contributed by atoms with E-state index in [2.05, 4.69) is 15.1 Å². The van der Waals surface area contributed by atoms with E-state index in [1.54, 1.807) is 22.8 Å². The molecule has 1 aliphatic heterocycles. The molecule has 1 aliphatic rings. The molecule has 9 nitrogen and oxygen atoms in total. The van der Waals surface area contributed by atoms with Gasteiger partial charge >= 0.3 is 0 Å². The van der Waals surface area contributed by atoms with Crippen molar-refractivity contribution in [3.63, 3.8) is 0 Å². The van der Waals surface area contributed by atoms with Gasteiger partial charge in [-0.05, 0) is 36.6 Å². The minimum atomic E-state index is -0.753. The van der Waals surface area contributed by atoms with Crippen LogP contribution in [0.4, 0.5) is 10.2 Å². The fraction of sp³-hybridized carbons (Fsp3) is 0.227. The highest BCUT2D eigenvalue weighted by atomic mass is 19.1. The summed E-state index contributed by atoms with van der Waals surface area (Å²) in [5.74, 6) is -0.326. The lowest BCUT2D eigenvalue weighted by atomic mass is 10.0. The average Bonchev–Trinajstić information content (AvgIpc) is 3.42. The largest absolute Gasteiger partial charge is 0.364 e. The summed E-state index contributed by atoms with van der Waals surface area (Å²) < 4.78 is 16.4. The number of anilines is 1. The first-order valence-corrected chi connectivity index (χ1v) is 10.2. The zero-order valence-electron chi connectivity index (χ0n) is 17.3. The van der Waals surface area contributed by atoms with Crippen LogP contribution in [0.5, 0.6) is 0 Å². The first kappa shape index (κ1) is 19.9. The van der Waals surface area contributed by atoms with E-state index < -0.39 is 5.91 Å². The molecule has 2 N–H and O–H groups in total. The van der Waals surface area contributed by atoms with Crippen molar-refractivity contribution in [3.8, 4) is 11.1 Å². The van der Waals surface area contributed by atoms with Crippen molar-refractivity contribution in [2.45, 2.75) is 18.9 Å². The number of benzene rings is 1. The smallest absolute Gasteiger partial charge is 0.269 e. The van der Waals surface area contributed by atoms with Crippen LogP contribution in [0.15, 0.2) is 53.6 Å². The zero-order chi connectivity index (χ0) is 22.4. The fourth-order valence-electron chi connectivity index (χ4n) is 4.24. The highest BCUT2D eigenvalue weighted by Crippen LogP contribution is 2.36. The summed E-state index contributed by atoms with van der Waals surface area (Å²) in [5.41, 5.74) is 7.20. The van der Waals surface area contributed by atoms with Gasteiger partial charge in [0.05, 0.1) is 12.2 Å². The summed E-state index contributed by atoms with van der Waals surface area (Å²) >= 11 is 0. The second-order valence-electron chi connectivity index (χ2n) is 7.75. The number of primary amides is 1. The van der Waals surface area contributed by atoms with Gasteiger partial charge in [-0.1, -0.05) is 12.1 Å². The summed E-state index contributed by atoms with van der Waals surface area (Å²) in [6, 6.07) is 9.76. The van der Waals surface area contributed by atoms with Crippen LogP contribution in [-0.2, 0) is 7.05 Å². The number of aromatic nitrogens is 5. The third kappa shape index (κ3) is 3.29. The van der Waals surface area contributed by atoms with Gasteiger partial charge in [0.15, 0.2) is 11.3 Å². The predicted octanol–water partition coefficient (Wildman–Crippen LogP) is 2.07. The number of fused-ring (bicyclic) bond motifs is 1. The fourth-order valence-corrected chi connectivity index (χ4v) is 4.24. The van der Waals surface area contributed by atoms with Gasteiger partial charge in [-0.15, -0.1) is 0 Å². The quantitative estimate of drug-likeness (QED) is 0.527. The summed E-state index contributed by atoms with van der Waals surface area (Å²) in [7, 11) is 1.45. The molecule has 32 heavy (non-hydrogen) atoms. The Morgan fingerprint density at radius 1 is 1.22 bits per heavy atom. The highest BCUT2D eigenvalue weighted by molar-refractivity contribution is 5.99. The van der Waals surface area contributed by atoms with E-state index in [1.807, 2.05) is 12.1 Å². The molecule has 1 fully saturated rings. The van der Waals surface area contributed by atoms with Gasteiger partial charge in [-0.25, -0.2) is 18.6 Å². The van der Waals surface area contributed by atoms with E-state index in [0.717, 1.165) is 29.6 Å². The minimum Gasteiger partial charge on any atom is -0.364 e. The van der Waals surface area contributed by atoms with Crippen molar-refractivity contribution >= 4 is 17.4 Å². The molecule has 0 unspecified atom stereocenters. The van der Waals surface area contributed by atoms with Crippen molar-refractivity contribution in [3.05, 3.63) is 76.2 Å². The van der Waals surface area contributed by atoms with Crippen molar-refractivity contribution < 1.29 is 9.18 Å². The van der Waals surface area contributed by atoms with Gasteiger partial charge in [0.25, 0.3) is 11.5 Å². The molecule has 5 rings (SSSR count). The number of amides is 1. The standard InChI is InChI=1S/C22H20FN7O2/c1-28-19(31)11-15(20(27-28)21(24)32)16-12-25-30-9-7-18(26-22(16)30)29-8-3-6-17(29)13-4-2-5-14(23)10-13/h2,4-5,7,9-12,17H,3,6,8H2,1H3,(H2,24,32)/t17-/m1/s1. The molecular weight excluding hydrogens is 413 g/mol. The van der Waals surface area contributed by atoms with Gasteiger partial charge in [-0.3, -0.25) is 9.59 Å². The highest BCUT2D eigenvalue weighted by Gasteiger charge is 2.28. The van der Waals surface area contributed by atoms with Crippen LogP contribution in [0.2, 0.25) is 0 Å². The molecule has 162 valence electrons. The number of nitrogens with zero attached hydrogens (tertiary/aromatic N) is 6. The summed E-state index contributed by atoms with van der Waals surface area (Å²) in [5, 5.41) is 8.32. The van der Waals surface area contributed by atoms with E-state index in [0.29, 0.717) is 17.0 Å². The van der Waals surface area contributed by atoms with E-state index in [-0.39, 0.29) is 28.7 Å². The number of carbonyl (C=O) groups is 1. The Morgan fingerprint density at radius 3 is 2.84 bits per heavy atom. The van der Waals surface area contributed by atoms with Crippen molar-refractivity contribution in [2.75, 3.05) is 11.4 Å². The van der Waals surface area contributed by atoms with E-state index in [4.69, 9.17) is 10.7 Å². The SMILES string of the molecule is Cn1nc(C(N)=O)c(-c2cnn3ccc(N4CCC[C@@H]4c4cccc(F)c4)nc23)cc1=O. The van der Waals surface area contributed by atoms with Gasteiger partial charge in [0.2, 0.25) is 0 Å². The molecular formula is C22H20FN7O2. The molecule has 1 saturated heterocycles. The Kier molecular flexibility index (Phi) is 4.69. The average molecular weight is 433 g/mol. The van der Waals surface area contributed by atoms with Gasteiger partial charge in [0.1, 0.15) is 11.6 Å². The molecule has 0 aliphatic carbocycles. The van der Waals surface area contributed by atoms with Crippen molar-refractivity contribution in [2.24, 2.45) is 12.8 Å². The van der Waals surface area contributed by atoms with Crippen LogP contribution < -0.4 is 16.2 Å². The molecule has 4 heterocycles. The van der Waals surface area contributed by atoms with Crippen LogP contribution in [-0.4, -0.2) is 36.8 Å². The Morgan fingerprint density at radius 2 is 2.06 bits per heavy atom. The van der Waals surface area contributed by atoms with E-state index in [9.17, 15) is 14.0 Å². The van der Waals surface area contributed by atoms with E-state index >= 15 is 0 Å². The molecule has 1 aromatic carbocycles. The lowest BCUT2D eigenvalue weighted by Gasteiger charge is -2.26. The number of hydrogen-bond donors (Lipinski definition) is 1. The van der Waals surface area contributed by atoms with Crippen LogP contribution in [0.3, 0.4) is 0 Å². The Balaban J connectivity index is 1.62. The molecule has 10 heteroatoms. The second-order valence-corrected chi connectivity index (χ2v) is 7.75. The van der Waals surface area contributed by atoms with E-state index in [1.165, 1.54) is 25.4 Å². The number of rotatable bonds is 4.